The van der Waals surface area contributed by atoms with E-state index in [0.29, 0.717) is 39.5 Å². The third kappa shape index (κ3) is 5.58. The molecule has 116 valence electrons. The van der Waals surface area contributed by atoms with Gasteiger partial charge in [0.15, 0.2) is 0 Å². The maximum Gasteiger partial charge on any atom is 0.0897 e. The molecule has 1 atom stereocenters. The van der Waals surface area contributed by atoms with Gasteiger partial charge in [-0.1, -0.05) is 0 Å². The Morgan fingerprint density at radius 3 is 2.60 bits per heavy atom. The Labute approximate surface area is 121 Å². The van der Waals surface area contributed by atoms with Gasteiger partial charge < -0.3 is 19.9 Å². The lowest BCUT2D eigenvalue weighted by Crippen LogP contribution is -2.30. The van der Waals surface area contributed by atoms with Gasteiger partial charge in [-0.25, -0.2) is 0 Å². The normalized spacial score (nSPS) is 12.8. The molecule has 0 fully saturated rings. The Hall–Kier alpha value is -0.950. The van der Waals surface area contributed by atoms with Crippen LogP contribution < -0.4 is 5.32 Å². The summed E-state index contributed by atoms with van der Waals surface area (Å²) < 4.78 is 12.3. The lowest BCUT2D eigenvalue weighted by molar-refractivity contribution is 0.00642. The monoisotopic (exact) mass is 285 g/mol. The molecule has 0 aliphatic heterocycles. The van der Waals surface area contributed by atoms with Gasteiger partial charge in [-0.3, -0.25) is 4.68 Å². The van der Waals surface area contributed by atoms with E-state index in [1.54, 1.807) is 0 Å². The van der Waals surface area contributed by atoms with Crippen LogP contribution in [0.15, 0.2) is 0 Å². The lowest BCUT2D eigenvalue weighted by atomic mass is 10.2. The maximum absolute atomic E-state index is 9.78. The molecule has 0 radical (unpaired) electrons. The Morgan fingerprint density at radius 2 is 2.00 bits per heavy atom. The standard InChI is InChI=1S/C14H27N3O3/c1-5-19-6-7-20-10-13(18)8-15-9-14-11(2)16-17(4)12(14)3/h13,15,18H,5-10H2,1-4H3. The predicted octanol–water partition coefficient (Wildman–Crippen LogP) is 0.541. The summed E-state index contributed by atoms with van der Waals surface area (Å²) in [6, 6.07) is 0. The number of ether oxygens (including phenoxy) is 2. The second kappa shape index (κ2) is 9.07. The number of aliphatic hydroxyl groups is 1. The third-order valence-corrected chi connectivity index (χ3v) is 3.23. The van der Waals surface area contributed by atoms with Gasteiger partial charge in [0.25, 0.3) is 0 Å². The fourth-order valence-corrected chi connectivity index (χ4v) is 1.98. The fourth-order valence-electron chi connectivity index (χ4n) is 1.98. The molecule has 0 saturated carbocycles. The Kier molecular flexibility index (Phi) is 7.76. The van der Waals surface area contributed by atoms with Crippen LogP contribution in [0.3, 0.4) is 0 Å². The van der Waals surface area contributed by atoms with Gasteiger partial charge in [0.05, 0.1) is 31.6 Å². The lowest BCUT2D eigenvalue weighted by Gasteiger charge is -2.12. The summed E-state index contributed by atoms with van der Waals surface area (Å²) in [6.45, 7) is 9.31. The average molecular weight is 285 g/mol. The number of nitrogens with one attached hydrogen (secondary N) is 1. The van der Waals surface area contributed by atoms with Crippen molar-refractivity contribution in [2.24, 2.45) is 7.05 Å². The van der Waals surface area contributed by atoms with Crippen LogP contribution in [0.2, 0.25) is 0 Å². The molecule has 6 heteroatoms. The smallest absolute Gasteiger partial charge is 0.0897 e. The number of rotatable bonds is 10. The Balaban J connectivity index is 2.17. The molecular formula is C14H27N3O3. The minimum absolute atomic E-state index is 0.324. The van der Waals surface area contributed by atoms with Gasteiger partial charge in [-0.2, -0.15) is 5.10 Å². The molecule has 0 aromatic carbocycles. The van der Waals surface area contributed by atoms with Crippen LogP contribution in [0.25, 0.3) is 0 Å². The van der Waals surface area contributed by atoms with Gasteiger partial charge in [0, 0.05) is 38.0 Å². The number of aromatic nitrogens is 2. The molecule has 1 aromatic rings. The molecule has 0 spiro atoms. The summed E-state index contributed by atoms with van der Waals surface area (Å²) in [5.74, 6) is 0. The van der Waals surface area contributed by atoms with E-state index in [1.807, 2.05) is 32.5 Å². The third-order valence-electron chi connectivity index (χ3n) is 3.23. The summed E-state index contributed by atoms with van der Waals surface area (Å²) in [5.41, 5.74) is 3.37. The first-order chi connectivity index (χ1) is 9.56. The van der Waals surface area contributed by atoms with Crippen LogP contribution in [-0.4, -0.2) is 54.0 Å². The largest absolute Gasteiger partial charge is 0.389 e. The second-order valence-corrected chi connectivity index (χ2v) is 4.83. The van der Waals surface area contributed by atoms with Gasteiger partial charge in [-0.05, 0) is 20.8 Å². The van der Waals surface area contributed by atoms with E-state index in [0.717, 1.165) is 11.4 Å². The van der Waals surface area contributed by atoms with E-state index in [1.165, 1.54) is 5.56 Å². The van der Waals surface area contributed by atoms with E-state index in [2.05, 4.69) is 10.4 Å². The molecule has 0 bridgehead atoms. The first-order valence-corrected chi connectivity index (χ1v) is 7.09. The Bertz CT molecular complexity index is 393. The van der Waals surface area contributed by atoms with Crippen molar-refractivity contribution < 1.29 is 14.6 Å². The highest BCUT2D eigenvalue weighted by Crippen LogP contribution is 2.10. The van der Waals surface area contributed by atoms with E-state index in [9.17, 15) is 5.11 Å². The molecular weight excluding hydrogens is 258 g/mol. The summed E-state index contributed by atoms with van der Waals surface area (Å²) >= 11 is 0. The molecule has 0 amide bonds. The molecule has 1 rings (SSSR count). The van der Waals surface area contributed by atoms with Crippen molar-refractivity contribution in [1.82, 2.24) is 15.1 Å². The molecule has 0 aliphatic rings. The zero-order valence-electron chi connectivity index (χ0n) is 13.0. The molecule has 0 aliphatic carbocycles. The zero-order valence-corrected chi connectivity index (χ0v) is 13.0. The van der Waals surface area contributed by atoms with Gasteiger partial charge in [-0.15, -0.1) is 0 Å². The van der Waals surface area contributed by atoms with Crippen molar-refractivity contribution in [3.63, 3.8) is 0 Å². The minimum Gasteiger partial charge on any atom is -0.389 e. The molecule has 6 nitrogen and oxygen atoms in total. The summed E-state index contributed by atoms with van der Waals surface area (Å²) in [4.78, 5) is 0. The van der Waals surface area contributed by atoms with Gasteiger partial charge >= 0.3 is 0 Å². The number of hydrogen-bond acceptors (Lipinski definition) is 5. The molecule has 0 saturated heterocycles. The maximum atomic E-state index is 9.78. The second-order valence-electron chi connectivity index (χ2n) is 4.83. The molecule has 1 aromatic heterocycles. The van der Waals surface area contributed by atoms with Crippen molar-refractivity contribution in [1.29, 1.82) is 0 Å². The first-order valence-electron chi connectivity index (χ1n) is 7.09. The first kappa shape index (κ1) is 17.1. The van der Waals surface area contributed by atoms with Crippen LogP contribution in [0.1, 0.15) is 23.9 Å². The van der Waals surface area contributed by atoms with Crippen molar-refractivity contribution in [3.05, 3.63) is 17.0 Å². The fraction of sp³-hybridized carbons (Fsp3) is 0.786. The van der Waals surface area contributed by atoms with Crippen LogP contribution in [-0.2, 0) is 23.1 Å². The minimum atomic E-state index is -0.506. The molecule has 2 N–H and O–H groups in total. The van der Waals surface area contributed by atoms with Crippen molar-refractivity contribution in [3.8, 4) is 0 Å². The summed E-state index contributed by atoms with van der Waals surface area (Å²) in [7, 11) is 1.94. The van der Waals surface area contributed by atoms with Gasteiger partial charge in [0.2, 0.25) is 0 Å². The van der Waals surface area contributed by atoms with Crippen LogP contribution >= 0.6 is 0 Å². The van der Waals surface area contributed by atoms with Crippen molar-refractivity contribution in [2.45, 2.75) is 33.4 Å². The number of hydrogen-bond donors (Lipinski definition) is 2. The van der Waals surface area contributed by atoms with E-state index >= 15 is 0 Å². The van der Waals surface area contributed by atoms with Crippen LogP contribution in [0.4, 0.5) is 0 Å². The van der Waals surface area contributed by atoms with E-state index in [4.69, 9.17) is 9.47 Å². The van der Waals surface area contributed by atoms with Crippen molar-refractivity contribution >= 4 is 0 Å². The van der Waals surface area contributed by atoms with Crippen LogP contribution in [0.5, 0.6) is 0 Å². The number of aryl methyl sites for hydroxylation is 2. The quantitative estimate of drug-likeness (QED) is 0.614. The topological polar surface area (TPSA) is 68.5 Å². The predicted molar refractivity (Wildman–Crippen MR) is 77.7 cm³/mol. The zero-order chi connectivity index (χ0) is 15.0. The molecule has 20 heavy (non-hydrogen) atoms. The number of aliphatic hydroxyl groups excluding tert-OH is 1. The van der Waals surface area contributed by atoms with Crippen LogP contribution in [0, 0.1) is 13.8 Å². The van der Waals surface area contributed by atoms with E-state index < -0.39 is 6.10 Å². The number of nitrogens with zero attached hydrogens (tertiary/aromatic N) is 2. The summed E-state index contributed by atoms with van der Waals surface area (Å²) in [5, 5.41) is 17.4. The van der Waals surface area contributed by atoms with Gasteiger partial charge in [0.1, 0.15) is 0 Å². The molecule has 1 heterocycles. The highest BCUT2D eigenvalue weighted by Gasteiger charge is 2.10. The average Bonchev–Trinajstić information content (AvgIpc) is 2.65. The van der Waals surface area contributed by atoms with E-state index in [-0.39, 0.29) is 0 Å². The highest BCUT2D eigenvalue weighted by molar-refractivity contribution is 5.23. The molecule has 1 unspecified atom stereocenters. The SMILES string of the molecule is CCOCCOCC(O)CNCc1c(C)nn(C)c1C. The van der Waals surface area contributed by atoms with Crippen molar-refractivity contribution in [2.75, 3.05) is 33.0 Å². The Morgan fingerprint density at radius 1 is 1.30 bits per heavy atom. The highest BCUT2D eigenvalue weighted by atomic mass is 16.5. The summed E-state index contributed by atoms with van der Waals surface area (Å²) in [6.07, 6.45) is -0.506.